The number of nitrogens with zero attached hydrogens (tertiary/aromatic N) is 5. The Balaban J connectivity index is 1.51. The van der Waals surface area contributed by atoms with Crippen LogP contribution in [0, 0.1) is 0 Å². The Bertz CT molecular complexity index is 1020. The lowest BCUT2D eigenvalue weighted by Gasteiger charge is -2.18. The Morgan fingerprint density at radius 1 is 1.20 bits per heavy atom. The fourth-order valence-corrected chi connectivity index (χ4v) is 4.44. The summed E-state index contributed by atoms with van der Waals surface area (Å²) in [5.41, 5.74) is 1.48. The van der Waals surface area contributed by atoms with Crippen LogP contribution in [0.1, 0.15) is 36.5 Å². The second kappa shape index (κ2) is 9.78. The smallest absolute Gasteiger partial charge is 0.251 e. The molecule has 1 aliphatic rings. The summed E-state index contributed by atoms with van der Waals surface area (Å²) in [4.78, 5) is 24.3. The van der Waals surface area contributed by atoms with Gasteiger partial charge in [-0.15, -0.1) is 0 Å². The molecule has 0 atom stereocenters. The maximum atomic E-state index is 12.4. The molecule has 30 heavy (non-hydrogen) atoms. The highest BCUT2D eigenvalue weighted by atomic mass is 79.9. The SMILES string of the molecule is CCCSc1nc(N2CCCC2)c2cnn(CCNC(=O)c3ccc(Br)cc3)c2n1. The van der Waals surface area contributed by atoms with Gasteiger partial charge in [0.25, 0.3) is 5.91 Å². The van der Waals surface area contributed by atoms with E-state index in [1.165, 1.54) is 12.8 Å². The van der Waals surface area contributed by atoms with E-state index in [0.717, 1.165) is 51.7 Å². The number of fused-ring (bicyclic) bond motifs is 1. The first kappa shape index (κ1) is 21.1. The summed E-state index contributed by atoms with van der Waals surface area (Å²) in [6, 6.07) is 7.33. The van der Waals surface area contributed by atoms with Crippen LogP contribution in [0.2, 0.25) is 0 Å². The van der Waals surface area contributed by atoms with Crippen molar-refractivity contribution in [3.05, 3.63) is 40.5 Å². The normalized spacial score (nSPS) is 13.9. The zero-order chi connectivity index (χ0) is 20.9. The van der Waals surface area contributed by atoms with E-state index in [0.29, 0.717) is 18.7 Å². The molecule has 158 valence electrons. The highest BCUT2D eigenvalue weighted by Crippen LogP contribution is 2.29. The van der Waals surface area contributed by atoms with E-state index in [2.05, 4.69) is 38.2 Å². The average Bonchev–Trinajstić information content (AvgIpc) is 3.43. The van der Waals surface area contributed by atoms with Gasteiger partial charge < -0.3 is 10.2 Å². The number of anilines is 1. The summed E-state index contributed by atoms with van der Waals surface area (Å²) in [5.74, 6) is 1.88. The number of hydrogen-bond acceptors (Lipinski definition) is 6. The summed E-state index contributed by atoms with van der Waals surface area (Å²) >= 11 is 5.07. The first-order chi connectivity index (χ1) is 14.7. The Morgan fingerprint density at radius 2 is 1.97 bits per heavy atom. The molecular formula is C21H25BrN6OS. The molecule has 1 amide bonds. The standard InChI is InChI=1S/C21H25BrN6OS/c1-2-13-30-21-25-18(27-10-3-4-11-27)17-14-24-28(19(17)26-21)12-9-23-20(29)15-5-7-16(22)8-6-15/h5-8,14H,2-4,9-13H2,1H3,(H,23,29). The number of carbonyl (C=O) groups is 1. The van der Waals surface area contributed by atoms with Crippen molar-refractivity contribution >= 4 is 50.5 Å². The molecule has 0 spiro atoms. The highest BCUT2D eigenvalue weighted by Gasteiger charge is 2.20. The van der Waals surface area contributed by atoms with E-state index < -0.39 is 0 Å². The molecule has 1 aliphatic heterocycles. The van der Waals surface area contributed by atoms with Crippen molar-refractivity contribution in [2.75, 3.05) is 30.3 Å². The lowest BCUT2D eigenvalue weighted by Crippen LogP contribution is -2.27. The zero-order valence-corrected chi connectivity index (χ0v) is 19.4. The lowest BCUT2D eigenvalue weighted by molar-refractivity contribution is 0.0952. The number of thioether (sulfide) groups is 1. The van der Waals surface area contributed by atoms with Crippen molar-refractivity contribution in [2.24, 2.45) is 0 Å². The molecule has 1 aromatic carbocycles. The lowest BCUT2D eigenvalue weighted by atomic mass is 10.2. The molecule has 0 bridgehead atoms. The van der Waals surface area contributed by atoms with Crippen LogP contribution in [0.25, 0.3) is 11.0 Å². The number of amides is 1. The van der Waals surface area contributed by atoms with Crippen molar-refractivity contribution in [2.45, 2.75) is 37.9 Å². The number of rotatable bonds is 8. The van der Waals surface area contributed by atoms with Gasteiger partial charge >= 0.3 is 0 Å². The van der Waals surface area contributed by atoms with E-state index in [-0.39, 0.29) is 5.91 Å². The first-order valence-corrected chi connectivity index (χ1v) is 12.1. The van der Waals surface area contributed by atoms with Gasteiger partial charge in [0.2, 0.25) is 0 Å². The molecular weight excluding hydrogens is 464 g/mol. The van der Waals surface area contributed by atoms with E-state index in [9.17, 15) is 4.79 Å². The third kappa shape index (κ3) is 4.78. The van der Waals surface area contributed by atoms with Crippen LogP contribution >= 0.6 is 27.7 Å². The fourth-order valence-electron chi connectivity index (χ4n) is 3.49. The van der Waals surface area contributed by atoms with Gasteiger partial charge in [-0.25, -0.2) is 14.6 Å². The molecule has 9 heteroatoms. The Hall–Kier alpha value is -2.13. The molecule has 3 heterocycles. The quantitative estimate of drug-likeness (QED) is 0.379. The van der Waals surface area contributed by atoms with Crippen LogP contribution in [0.15, 0.2) is 40.1 Å². The molecule has 0 saturated carbocycles. The summed E-state index contributed by atoms with van der Waals surface area (Å²) in [6.45, 7) is 5.24. The highest BCUT2D eigenvalue weighted by molar-refractivity contribution is 9.10. The van der Waals surface area contributed by atoms with Crippen molar-refractivity contribution in [1.29, 1.82) is 0 Å². The van der Waals surface area contributed by atoms with Gasteiger partial charge in [-0.3, -0.25) is 4.79 Å². The summed E-state index contributed by atoms with van der Waals surface area (Å²) < 4.78 is 2.82. The molecule has 0 radical (unpaired) electrons. The predicted molar refractivity (Wildman–Crippen MR) is 124 cm³/mol. The summed E-state index contributed by atoms with van der Waals surface area (Å²) in [7, 11) is 0. The molecule has 4 rings (SSSR count). The predicted octanol–water partition coefficient (Wildman–Crippen LogP) is 4.12. The van der Waals surface area contributed by atoms with Gasteiger partial charge in [-0.1, -0.05) is 34.6 Å². The van der Waals surface area contributed by atoms with Crippen molar-refractivity contribution in [1.82, 2.24) is 25.1 Å². The molecule has 1 N–H and O–H groups in total. The number of nitrogens with one attached hydrogen (secondary N) is 1. The second-order valence-corrected chi connectivity index (χ2v) is 9.22. The minimum atomic E-state index is -0.0921. The molecule has 2 aromatic heterocycles. The largest absolute Gasteiger partial charge is 0.356 e. The number of aromatic nitrogens is 4. The van der Waals surface area contributed by atoms with Crippen LogP contribution in [0.5, 0.6) is 0 Å². The maximum Gasteiger partial charge on any atom is 0.251 e. The molecule has 0 aliphatic carbocycles. The molecule has 3 aromatic rings. The van der Waals surface area contributed by atoms with E-state index >= 15 is 0 Å². The average molecular weight is 489 g/mol. The number of carbonyl (C=O) groups excluding carboxylic acids is 1. The monoisotopic (exact) mass is 488 g/mol. The second-order valence-electron chi connectivity index (χ2n) is 7.24. The van der Waals surface area contributed by atoms with Crippen LogP contribution in [-0.4, -0.2) is 51.0 Å². The fraction of sp³-hybridized carbons (Fsp3) is 0.429. The number of halogens is 1. The molecule has 7 nitrogen and oxygen atoms in total. The van der Waals surface area contributed by atoms with Crippen LogP contribution < -0.4 is 10.2 Å². The van der Waals surface area contributed by atoms with E-state index in [4.69, 9.17) is 9.97 Å². The van der Waals surface area contributed by atoms with Gasteiger partial charge in [0.1, 0.15) is 5.82 Å². The number of hydrogen-bond donors (Lipinski definition) is 1. The van der Waals surface area contributed by atoms with Crippen molar-refractivity contribution < 1.29 is 4.79 Å². The van der Waals surface area contributed by atoms with Gasteiger partial charge in [-0.05, 0) is 43.5 Å². The summed E-state index contributed by atoms with van der Waals surface area (Å²) in [5, 5.41) is 9.30. The molecule has 1 saturated heterocycles. The minimum absolute atomic E-state index is 0.0921. The van der Waals surface area contributed by atoms with Crippen LogP contribution in [-0.2, 0) is 6.54 Å². The van der Waals surface area contributed by atoms with E-state index in [1.54, 1.807) is 23.9 Å². The van der Waals surface area contributed by atoms with Gasteiger partial charge in [0.15, 0.2) is 10.8 Å². The third-order valence-corrected chi connectivity index (χ3v) is 6.59. The molecule has 0 unspecified atom stereocenters. The van der Waals surface area contributed by atoms with E-state index in [1.807, 2.05) is 23.0 Å². The summed E-state index contributed by atoms with van der Waals surface area (Å²) in [6.07, 6.45) is 5.32. The van der Waals surface area contributed by atoms with Gasteiger partial charge in [0.05, 0.1) is 18.1 Å². The Kier molecular flexibility index (Phi) is 6.89. The zero-order valence-electron chi connectivity index (χ0n) is 17.0. The third-order valence-electron chi connectivity index (χ3n) is 5.01. The minimum Gasteiger partial charge on any atom is -0.356 e. The molecule has 1 fully saturated rings. The van der Waals surface area contributed by atoms with Crippen molar-refractivity contribution in [3.63, 3.8) is 0 Å². The Morgan fingerprint density at radius 3 is 2.70 bits per heavy atom. The van der Waals surface area contributed by atoms with Crippen molar-refractivity contribution in [3.8, 4) is 0 Å². The Labute approximate surface area is 188 Å². The first-order valence-electron chi connectivity index (χ1n) is 10.3. The number of benzene rings is 1. The van der Waals surface area contributed by atoms with Gasteiger partial charge in [-0.2, -0.15) is 5.10 Å². The maximum absolute atomic E-state index is 12.4. The van der Waals surface area contributed by atoms with Gasteiger partial charge in [0, 0.05) is 35.4 Å². The van der Waals surface area contributed by atoms with Crippen LogP contribution in [0.3, 0.4) is 0 Å². The van der Waals surface area contributed by atoms with Crippen LogP contribution in [0.4, 0.5) is 5.82 Å². The topological polar surface area (TPSA) is 75.9 Å².